The van der Waals surface area contributed by atoms with E-state index in [9.17, 15) is 0 Å². The summed E-state index contributed by atoms with van der Waals surface area (Å²) in [6, 6.07) is 5.68. The van der Waals surface area contributed by atoms with E-state index in [4.69, 9.17) is 15.3 Å². The van der Waals surface area contributed by atoms with Gasteiger partial charge in [0.25, 0.3) is 0 Å². The molecule has 21 heavy (non-hydrogen) atoms. The molecule has 0 unspecified atom stereocenters. The first-order valence-corrected chi connectivity index (χ1v) is 6.91. The molecule has 1 aromatic carbocycles. The molecule has 0 spiro atoms. The summed E-state index contributed by atoms with van der Waals surface area (Å²) in [6.45, 7) is 2.28. The monoisotopic (exact) mass is 354 g/mol. The Morgan fingerprint density at radius 2 is 2.00 bits per heavy atom. The molecule has 0 saturated carbocycles. The molecular formula is C12H15BrN6O2. The van der Waals surface area contributed by atoms with Crippen molar-refractivity contribution in [1.82, 2.24) is 15.0 Å². The number of hydrazine groups is 1. The van der Waals surface area contributed by atoms with Crippen LogP contribution in [-0.2, 0) is 0 Å². The van der Waals surface area contributed by atoms with Crippen LogP contribution in [0.25, 0.3) is 0 Å². The Morgan fingerprint density at radius 1 is 1.24 bits per heavy atom. The van der Waals surface area contributed by atoms with Crippen molar-refractivity contribution in [2.75, 3.05) is 24.5 Å². The minimum Gasteiger partial charge on any atom is -0.497 e. The molecule has 0 saturated heterocycles. The van der Waals surface area contributed by atoms with Crippen LogP contribution < -0.4 is 26.1 Å². The average molecular weight is 355 g/mol. The maximum absolute atomic E-state index is 5.34. The molecular weight excluding hydrogens is 340 g/mol. The highest BCUT2D eigenvalue weighted by Gasteiger charge is 2.09. The Hall–Kier alpha value is -2.13. The van der Waals surface area contributed by atoms with Gasteiger partial charge in [-0.3, -0.25) is 5.43 Å². The van der Waals surface area contributed by atoms with E-state index in [1.54, 1.807) is 7.11 Å². The number of hydrogen-bond acceptors (Lipinski definition) is 8. The third-order valence-electron chi connectivity index (χ3n) is 2.44. The zero-order valence-corrected chi connectivity index (χ0v) is 13.1. The maximum Gasteiger partial charge on any atom is 0.323 e. The van der Waals surface area contributed by atoms with E-state index in [0.29, 0.717) is 18.3 Å². The highest BCUT2D eigenvalue weighted by atomic mass is 79.9. The molecule has 4 N–H and O–H groups in total. The fraction of sp³-hybridized carbons (Fsp3) is 0.250. The Bertz CT molecular complexity index is 625. The van der Waals surface area contributed by atoms with Crippen molar-refractivity contribution < 1.29 is 9.47 Å². The molecule has 0 aliphatic rings. The lowest BCUT2D eigenvalue weighted by atomic mass is 10.3. The zero-order chi connectivity index (χ0) is 15.2. The lowest BCUT2D eigenvalue weighted by Crippen LogP contribution is -2.13. The van der Waals surface area contributed by atoms with Gasteiger partial charge in [-0.2, -0.15) is 15.0 Å². The van der Waals surface area contributed by atoms with Gasteiger partial charge >= 0.3 is 6.01 Å². The van der Waals surface area contributed by atoms with Crippen LogP contribution in [-0.4, -0.2) is 28.7 Å². The van der Waals surface area contributed by atoms with Gasteiger partial charge in [0, 0.05) is 10.5 Å². The number of rotatable bonds is 6. The fourth-order valence-corrected chi connectivity index (χ4v) is 1.86. The van der Waals surface area contributed by atoms with Crippen LogP contribution >= 0.6 is 15.9 Å². The molecule has 1 aromatic heterocycles. The second kappa shape index (κ2) is 7.04. The number of aromatic nitrogens is 3. The summed E-state index contributed by atoms with van der Waals surface area (Å²) in [5, 5.41) is 3.06. The highest BCUT2D eigenvalue weighted by molar-refractivity contribution is 9.10. The van der Waals surface area contributed by atoms with Crippen LogP contribution in [0, 0.1) is 0 Å². The number of nitrogens with one attached hydrogen (secondary N) is 2. The first-order valence-electron chi connectivity index (χ1n) is 6.12. The lowest BCUT2D eigenvalue weighted by molar-refractivity contribution is 0.312. The molecule has 0 bridgehead atoms. The van der Waals surface area contributed by atoms with E-state index in [-0.39, 0.29) is 12.0 Å². The number of benzene rings is 1. The summed E-state index contributed by atoms with van der Waals surface area (Å²) in [7, 11) is 1.60. The second-order valence-electron chi connectivity index (χ2n) is 3.81. The van der Waals surface area contributed by atoms with Crippen molar-refractivity contribution in [2.24, 2.45) is 5.84 Å². The van der Waals surface area contributed by atoms with Crippen LogP contribution in [0.3, 0.4) is 0 Å². The molecule has 1 heterocycles. The molecule has 2 aromatic rings. The predicted octanol–water partition coefficient (Wildman–Crippen LogP) is 2.07. The normalized spacial score (nSPS) is 10.1. The Morgan fingerprint density at radius 3 is 2.67 bits per heavy atom. The van der Waals surface area contributed by atoms with E-state index < -0.39 is 0 Å². The van der Waals surface area contributed by atoms with Crippen molar-refractivity contribution in [2.45, 2.75) is 6.92 Å². The first-order chi connectivity index (χ1) is 10.2. The third-order valence-corrected chi connectivity index (χ3v) is 3.13. The van der Waals surface area contributed by atoms with Crippen LogP contribution in [0.15, 0.2) is 22.7 Å². The van der Waals surface area contributed by atoms with E-state index in [1.807, 2.05) is 25.1 Å². The second-order valence-corrected chi connectivity index (χ2v) is 4.67. The number of hydrogen-bond donors (Lipinski definition) is 3. The van der Waals surface area contributed by atoms with Crippen LogP contribution in [0.4, 0.5) is 17.6 Å². The predicted molar refractivity (Wildman–Crippen MR) is 82.8 cm³/mol. The number of ether oxygens (including phenoxy) is 2. The molecule has 0 aliphatic carbocycles. The Balaban J connectivity index is 2.32. The van der Waals surface area contributed by atoms with Crippen LogP contribution in [0.2, 0.25) is 0 Å². The number of anilines is 3. The van der Waals surface area contributed by atoms with Gasteiger partial charge in [-0.25, -0.2) is 5.84 Å². The minimum atomic E-state index is 0.182. The van der Waals surface area contributed by atoms with Crippen molar-refractivity contribution in [3.8, 4) is 11.8 Å². The van der Waals surface area contributed by atoms with Gasteiger partial charge in [0.2, 0.25) is 11.9 Å². The van der Waals surface area contributed by atoms with Crippen molar-refractivity contribution >= 4 is 33.5 Å². The van der Waals surface area contributed by atoms with Crippen molar-refractivity contribution in [1.29, 1.82) is 0 Å². The molecule has 8 nitrogen and oxygen atoms in total. The smallest absolute Gasteiger partial charge is 0.323 e. The quantitative estimate of drug-likeness (QED) is 0.534. The average Bonchev–Trinajstić information content (AvgIpc) is 2.49. The van der Waals surface area contributed by atoms with E-state index in [1.165, 1.54) is 0 Å². The largest absolute Gasteiger partial charge is 0.497 e. The van der Waals surface area contributed by atoms with Gasteiger partial charge in [0.1, 0.15) is 5.75 Å². The summed E-state index contributed by atoms with van der Waals surface area (Å²) < 4.78 is 11.3. The highest BCUT2D eigenvalue weighted by Crippen LogP contribution is 2.29. The van der Waals surface area contributed by atoms with Crippen LogP contribution in [0.5, 0.6) is 11.8 Å². The molecule has 0 aliphatic heterocycles. The SMILES string of the molecule is CCOc1nc(NN)nc(Nc2cc(OC)ccc2Br)n1. The van der Waals surface area contributed by atoms with Crippen LogP contribution in [0.1, 0.15) is 6.92 Å². The Labute approximate surface area is 130 Å². The standard InChI is InChI=1S/C12H15BrN6O2/c1-3-21-12-17-10(16-11(18-12)19-14)15-9-6-7(20-2)4-5-8(9)13/h4-6H,3,14H2,1-2H3,(H2,15,16,17,18,19). The van der Waals surface area contributed by atoms with Crippen molar-refractivity contribution in [3.05, 3.63) is 22.7 Å². The van der Waals surface area contributed by atoms with E-state index in [0.717, 1.165) is 10.2 Å². The molecule has 112 valence electrons. The van der Waals surface area contributed by atoms with Crippen molar-refractivity contribution in [3.63, 3.8) is 0 Å². The fourth-order valence-electron chi connectivity index (χ4n) is 1.52. The third kappa shape index (κ3) is 3.92. The number of nitrogens with zero attached hydrogens (tertiary/aromatic N) is 3. The van der Waals surface area contributed by atoms with Gasteiger partial charge in [0.05, 0.1) is 19.4 Å². The number of nitrogen functional groups attached to an aromatic ring is 1. The number of nitrogens with two attached hydrogens (primary N) is 1. The van der Waals surface area contributed by atoms with Gasteiger partial charge in [-0.15, -0.1) is 0 Å². The molecule has 0 radical (unpaired) electrons. The summed E-state index contributed by atoms with van der Waals surface area (Å²) >= 11 is 3.44. The minimum absolute atomic E-state index is 0.182. The molecule has 2 rings (SSSR count). The molecule has 9 heteroatoms. The topological polar surface area (TPSA) is 107 Å². The summed E-state index contributed by atoms with van der Waals surface area (Å²) in [5.41, 5.74) is 3.11. The zero-order valence-electron chi connectivity index (χ0n) is 11.6. The summed E-state index contributed by atoms with van der Waals surface area (Å²) in [5.74, 6) is 6.55. The van der Waals surface area contributed by atoms with Gasteiger partial charge in [0.15, 0.2) is 0 Å². The molecule has 0 amide bonds. The van der Waals surface area contributed by atoms with Gasteiger partial charge in [-0.05, 0) is 35.0 Å². The Kier molecular flexibility index (Phi) is 5.12. The van der Waals surface area contributed by atoms with Gasteiger partial charge < -0.3 is 14.8 Å². The lowest BCUT2D eigenvalue weighted by Gasteiger charge is -2.11. The summed E-state index contributed by atoms with van der Waals surface area (Å²) in [4.78, 5) is 12.2. The molecule has 0 fully saturated rings. The number of halogens is 1. The molecule has 0 atom stereocenters. The first kappa shape index (κ1) is 15.3. The van der Waals surface area contributed by atoms with E-state index in [2.05, 4.69) is 41.6 Å². The summed E-state index contributed by atoms with van der Waals surface area (Å²) in [6.07, 6.45) is 0. The number of methoxy groups -OCH3 is 1. The van der Waals surface area contributed by atoms with E-state index >= 15 is 0 Å². The van der Waals surface area contributed by atoms with Gasteiger partial charge in [-0.1, -0.05) is 0 Å². The maximum atomic E-state index is 5.34.